The van der Waals surface area contributed by atoms with E-state index in [1.807, 2.05) is 13.8 Å². The van der Waals surface area contributed by atoms with E-state index >= 15 is 0 Å². The van der Waals surface area contributed by atoms with E-state index in [2.05, 4.69) is 4.98 Å². The predicted molar refractivity (Wildman–Crippen MR) is 53.0 cm³/mol. The van der Waals surface area contributed by atoms with Gasteiger partial charge in [0, 0.05) is 24.0 Å². The Morgan fingerprint density at radius 2 is 2.31 bits per heavy atom. The van der Waals surface area contributed by atoms with Gasteiger partial charge in [0.05, 0.1) is 0 Å². The predicted octanol–water partition coefficient (Wildman–Crippen LogP) is 1.85. The molecule has 1 heterocycles. The lowest BCUT2D eigenvalue weighted by Gasteiger charge is -2.19. The van der Waals surface area contributed by atoms with Crippen molar-refractivity contribution in [1.82, 2.24) is 4.98 Å². The van der Waals surface area contributed by atoms with Crippen LogP contribution in [0.2, 0.25) is 5.02 Å². The Bertz CT molecular complexity index is 283. The lowest BCUT2D eigenvalue weighted by atomic mass is 10.1. The van der Waals surface area contributed by atoms with E-state index in [1.54, 1.807) is 18.5 Å². The van der Waals surface area contributed by atoms with Crippen LogP contribution in [0.3, 0.4) is 0 Å². The first-order valence-electron chi connectivity index (χ1n) is 4.00. The van der Waals surface area contributed by atoms with Crippen molar-refractivity contribution in [2.24, 2.45) is 5.73 Å². The molecule has 0 fully saturated rings. The Hall–Kier alpha value is -0.800. The molecule has 0 saturated heterocycles. The molecule has 3 nitrogen and oxygen atoms in total. The van der Waals surface area contributed by atoms with Gasteiger partial charge in [0.2, 0.25) is 0 Å². The molecule has 0 aromatic carbocycles. The van der Waals surface area contributed by atoms with Crippen LogP contribution < -0.4 is 10.5 Å². The van der Waals surface area contributed by atoms with E-state index in [0.29, 0.717) is 17.4 Å². The van der Waals surface area contributed by atoms with Crippen molar-refractivity contribution >= 4 is 11.6 Å². The maximum atomic E-state index is 5.82. The monoisotopic (exact) mass is 200 g/mol. The largest absolute Gasteiger partial charge is 0.490 e. The molecule has 0 spiro atoms. The Labute approximate surface area is 82.9 Å². The molecule has 1 aromatic heterocycles. The number of ether oxygens (including phenoxy) is 1. The summed E-state index contributed by atoms with van der Waals surface area (Å²) >= 11 is 5.82. The highest BCUT2D eigenvalue weighted by atomic mass is 35.5. The van der Waals surface area contributed by atoms with Crippen LogP contribution in [0.1, 0.15) is 13.8 Å². The van der Waals surface area contributed by atoms with E-state index in [-0.39, 0.29) is 5.54 Å². The van der Waals surface area contributed by atoms with Crippen molar-refractivity contribution in [1.29, 1.82) is 0 Å². The number of nitrogens with zero attached hydrogens (tertiary/aromatic N) is 1. The Morgan fingerprint density at radius 1 is 1.62 bits per heavy atom. The Balaban J connectivity index is 2.60. The maximum absolute atomic E-state index is 5.82. The van der Waals surface area contributed by atoms with Gasteiger partial charge >= 0.3 is 0 Å². The van der Waals surface area contributed by atoms with E-state index in [1.165, 1.54) is 0 Å². The fraction of sp³-hybridized carbons (Fsp3) is 0.444. The summed E-state index contributed by atoms with van der Waals surface area (Å²) < 4.78 is 5.40. The van der Waals surface area contributed by atoms with Crippen LogP contribution in [0, 0.1) is 0 Å². The summed E-state index contributed by atoms with van der Waals surface area (Å²) in [5, 5.41) is 0.506. The third-order valence-corrected chi connectivity index (χ3v) is 1.62. The maximum Gasteiger partial charge on any atom is 0.141 e. The van der Waals surface area contributed by atoms with Crippen molar-refractivity contribution < 1.29 is 4.74 Å². The van der Waals surface area contributed by atoms with Crippen LogP contribution in [-0.4, -0.2) is 17.1 Å². The molecular weight excluding hydrogens is 188 g/mol. The summed E-state index contributed by atoms with van der Waals surface area (Å²) in [6.07, 6.45) is 3.17. The van der Waals surface area contributed by atoms with Crippen molar-refractivity contribution in [3.8, 4) is 5.75 Å². The van der Waals surface area contributed by atoms with E-state index < -0.39 is 0 Å². The Morgan fingerprint density at radius 3 is 2.85 bits per heavy atom. The van der Waals surface area contributed by atoms with Gasteiger partial charge in [-0.3, -0.25) is 4.98 Å². The van der Waals surface area contributed by atoms with Crippen LogP contribution in [-0.2, 0) is 0 Å². The van der Waals surface area contributed by atoms with Gasteiger partial charge in [0.15, 0.2) is 0 Å². The molecule has 72 valence electrons. The average Bonchev–Trinajstić information content (AvgIpc) is 2.01. The van der Waals surface area contributed by atoms with E-state index in [9.17, 15) is 0 Å². The van der Waals surface area contributed by atoms with Crippen molar-refractivity contribution in [3.63, 3.8) is 0 Å². The average molecular weight is 201 g/mol. The number of hydrogen-bond donors (Lipinski definition) is 1. The molecule has 0 atom stereocenters. The van der Waals surface area contributed by atoms with Gasteiger partial charge < -0.3 is 10.5 Å². The van der Waals surface area contributed by atoms with Crippen LogP contribution in [0.25, 0.3) is 0 Å². The third kappa shape index (κ3) is 3.61. The zero-order chi connectivity index (χ0) is 9.90. The quantitative estimate of drug-likeness (QED) is 0.810. The van der Waals surface area contributed by atoms with Gasteiger partial charge in [0.25, 0.3) is 0 Å². The van der Waals surface area contributed by atoms with Gasteiger partial charge in [-0.05, 0) is 13.8 Å². The van der Waals surface area contributed by atoms with Gasteiger partial charge in [0.1, 0.15) is 17.4 Å². The van der Waals surface area contributed by atoms with E-state index in [4.69, 9.17) is 22.1 Å². The number of rotatable bonds is 3. The smallest absolute Gasteiger partial charge is 0.141 e. The van der Waals surface area contributed by atoms with Gasteiger partial charge in [-0.25, -0.2) is 0 Å². The number of halogens is 1. The molecule has 1 rings (SSSR count). The molecule has 0 aliphatic carbocycles. The summed E-state index contributed by atoms with van der Waals surface area (Å²) in [6.45, 7) is 4.21. The highest BCUT2D eigenvalue weighted by Crippen LogP contribution is 2.22. The summed E-state index contributed by atoms with van der Waals surface area (Å²) in [6, 6.07) is 1.72. The number of hydrogen-bond acceptors (Lipinski definition) is 3. The molecule has 0 aliphatic heterocycles. The molecule has 0 saturated carbocycles. The first-order chi connectivity index (χ1) is 5.99. The lowest BCUT2D eigenvalue weighted by Crippen LogP contribution is -2.38. The molecular formula is C9H13ClN2O. The minimum Gasteiger partial charge on any atom is -0.490 e. The van der Waals surface area contributed by atoms with Crippen molar-refractivity contribution in [3.05, 3.63) is 23.5 Å². The normalized spacial score (nSPS) is 11.4. The van der Waals surface area contributed by atoms with Crippen LogP contribution in [0.4, 0.5) is 0 Å². The Kier molecular flexibility index (Phi) is 3.12. The zero-order valence-electron chi connectivity index (χ0n) is 7.75. The SMILES string of the molecule is CC(C)(N)COc1ccncc1Cl. The topological polar surface area (TPSA) is 48.1 Å². The molecule has 13 heavy (non-hydrogen) atoms. The molecule has 2 N–H and O–H groups in total. The summed E-state index contributed by atoms with van der Waals surface area (Å²) in [5.41, 5.74) is 5.40. The van der Waals surface area contributed by atoms with Crippen LogP contribution >= 0.6 is 11.6 Å². The molecule has 0 bridgehead atoms. The first kappa shape index (κ1) is 10.3. The third-order valence-electron chi connectivity index (χ3n) is 1.33. The van der Waals surface area contributed by atoms with Crippen LogP contribution in [0.15, 0.2) is 18.5 Å². The van der Waals surface area contributed by atoms with Gasteiger partial charge in [-0.1, -0.05) is 11.6 Å². The van der Waals surface area contributed by atoms with Crippen molar-refractivity contribution in [2.45, 2.75) is 19.4 Å². The second kappa shape index (κ2) is 3.94. The van der Waals surface area contributed by atoms with E-state index in [0.717, 1.165) is 0 Å². The first-order valence-corrected chi connectivity index (χ1v) is 4.38. The second-order valence-electron chi connectivity index (χ2n) is 3.58. The highest BCUT2D eigenvalue weighted by Gasteiger charge is 2.12. The fourth-order valence-corrected chi connectivity index (χ4v) is 0.917. The molecule has 0 amide bonds. The second-order valence-corrected chi connectivity index (χ2v) is 3.99. The molecule has 0 radical (unpaired) electrons. The standard InChI is InChI=1S/C9H13ClN2O/c1-9(2,11)6-13-8-3-4-12-5-7(8)10/h3-5H,6,11H2,1-2H3. The molecule has 4 heteroatoms. The highest BCUT2D eigenvalue weighted by molar-refractivity contribution is 6.31. The molecule has 0 unspecified atom stereocenters. The number of nitrogens with two attached hydrogens (primary N) is 1. The summed E-state index contributed by atoms with van der Waals surface area (Å²) in [4.78, 5) is 3.85. The number of aromatic nitrogens is 1. The van der Waals surface area contributed by atoms with Gasteiger partial charge in [-0.15, -0.1) is 0 Å². The lowest BCUT2D eigenvalue weighted by molar-refractivity contribution is 0.243. The molecule has 0 aliphatic rings. The molecule has 1 aromatic rings. The van der Waals surface area contributed by atoms with Gasteiger partial charge in [-0.2, -0.15) is 0 Å². The van der Waals surface area contributed by atoms with Crippen LogP contribution in [0.5, 0.6) is 5.75 Å². The minimum absolute atomic E-state index is 0.355. The minimum atomic E-state index is -0.355. The zero-order valence-corrected chi connectivity index (χ0v) is 8.51. The van der Waals surface area contributed by atoms with Crippen molar-refractivity contribution in [2.75, 3.05) is 6.61 Å². The number of pyridine rings is 1. The fourth-order valence-electron chi connectivity index (χ4n) is 0.743. The summed E-state index contributed by atoms with van der Waals surface area (Å²) in [5.74, 6) is 0.621. The summed E-state index contributed by atoms with van der Waals surface area (Å²) in [7, 11) is 0.